The number of hydrogen-bond donors (Lipinski definition) is 0. The van der Waals surface area contributed by atoms with Crippen molar-refractivity contribution in [2.75, 3.05) is 0 Å². The molecular formula is C7H10BF. The minimum Gasteiger partial charge on any atom is -0.212 e. The van der Waals surface area contributed by atoms with E-state index < -0.39 is 0 Å². The first kappa shape index (κ1) is 6.59. The highest BCUT2D eigenvalue weighted by Gasteiger charge is 2.09. The van der Waals surface area contributed by atoms with E-state index in [0.717, 1.165) is 11.9 Å². The van der Waals surface area contributed by atoms with E-state index in [2.05, 4.69) is 6.08 Å². The van der Waals surface area contributed by atoms with Gasteiger partial charge in [0.2, 0.25) is 0 Å². The van der Waals surface area contributed by atoms with Crippen LogP contribution in [0.1, 0.15) is 13.3 Å². The quantitative estimate of drug-likeness (QED) is 0.428. The lowest BCUT2D eigenvalue weighted by atomic mass is 9.87. The maximum Gasteiger partial charge on any atom is 0.138 e. The molecule has 48 valence electrons. The van der Waals surface area contributed by atoms with E-state index in [0.29, 0.717) is 0 Å². The maximum absolute atomic E-state index is 12.6. The van der Waals surface area contributed by atoms with Crippen LogP contribution in [-0.2, 0) is 0 Å². The highest BCUT2D eigenvalue weighted by molar-refractivity contribution is 6.23. The molecule has 0 aromatic rings. The predicted molar refractivity (Wildman–Crippen MR) is 39.6 cm³/mol. The second-order valence-electron chi connectivity index (χ2n) is 2.61. The van der Waals surface area contributed by atoms with Gasteiger partial charge in [0, 0.05) is 5.92 Å². The molecule has 0 aromatic heterocycles. The molecular weight excluding hydrogens is 114 g/mol. The molecule has 0 nitrogen and oxygen atoms in total. The van der Waals surface area contributed by atoms with Gasteiger partial charge in [-0.05, 0) is 12.5 Å². The van der Waals surface area contributed by atoms with Crippen molar-refractivity contribution in [2.45, 2.75) is 13.3 Å². The van der Waals surface area contributed by atoms with Gasteiger partial charge in [0.15, 0.2) is 0 Å². The fourth-order valence-corrected chi connectivity index (χ4v) is 0.894. The van der Waals surface area contributed by atoms with E-state index in [9.17, 15) is 4.39 Å². The van der Waals surface area contributed by atoms with Crippen LogP contribution in [0.5, 0.6) is 0 Å². The third kappa shape index (κ3) is 1.44. The van der Waals surface area contributed by atoms with Crippen LogP contribution in [0.2, 0.25) is 0 Å². The molecule has 0 N–H and O–H groups in total. The Morgan fingerprint density at radius 3 is 2.89 bits per heavy atom. The largest absolute Gasteiger partial charge is 0.212 e. The zero-order chi connectivity index (χ0) is 6.85. The van der Waals surface area contributed by atoms with E-state index in [1.807, 2.05) is 14.8 Å². The highest BCUT2D eigenvalue weighted by Crippen LogP contribution is 2.22. The highest BCUT2D eigenvalue weighted by atomic mass is 19.1. The monoisotopic (exact) mass is 124 g/mol. The summed E-state index contributed by atoms with van der Waals surface area (Å²) in [5.74, 6) is 0.128. The summed E-state index contributed by atoms with van der Waals surface area (Å²) in [6.07, 6.45) is 4.52. The fourth-order valence-electron chi connectivity index (χ4n) is 0.894. The second kappa shape index (κ2) is 2.38. The van der Waals surface area contributed by atoms with Crippen LogP contribution < -0.4 is 0 Å². The summed E-state index contributed by atoms with van der Waals surface area (Å²) in [6.45, 7) is 1.90. The molecule has 2 heteroatoms. The summed E-state index contributed by atoms with van der Waals surface area (Å²) in [5.41, 5.74) is 1.05. The van der Waals surface area contributed by atoms with Crippen molar-refractivity contribution in [3.05, 3.63) is 23.5 Å². The van der Waals surface area contributed by atoms with Crippen molar-refractivity contribution in [1.82, 2.24) is 0 Å². The van der Waals surface area contributed by atoms with Crippen LogP contribution in [0.4, 0.5) is 4.39 Å². The Balaban J connectivity index is 2.74. The summed E-state index contributed by atoms with van der Waals surface area (Å²) < 4.78 is 12.6. The molecule has 0 spiro atoms. The predicted octanol–water partition coefficient (Wildman–Crippen LogP) is 1.40. The van der Waals surface area contributed by atoms with E-state index in [4.69, 9.17) is 0 Å². The summed E-state index contributed by atoms with van der Waals surface area (Å²) in [4.78, 5) is 0. The van der Waals surface area contributed by atoms with Gasteiger partial charge in [0.25, 0.3) is 0 Å². The Morgan fingerprint density at radius 2 is 2.44 bits per heavy atom. The first-order chi connectivity index (χ1) is 4.20. The van der Waals surface area contributed by atoms with E-state index >= 15 is 0 Å². The normalized spacial score (nSPS) is 27.1. The molecule has 9 heavy (non-hydrogen) atoms. The molecule has 0 bridgehead atoms. The maximum atomic E-state index is 12.6. The molecule has 0 saturated carbocycles. The molecule has 0 aromatic carbocycles. The van der Waals surface area contributed by atoms with Crippen molar-refractivity contribution < 1.29 is 4.39 Å². The van der Waals surface area contributed by atoms with E-state index in [1.54, 1.807) is 6.08 Å². The Morgan fingerprint density at radius 1 is 1.78 bits per heavy atom. The standard InChI is InChI=1S/C7H10BF/c1-5-2-3-6(8)4-7(5)9/h3-5H,2,8H2,1H3/t5-/m0/s1. The Hall–Kier alpha value is -0.525. The molecule has 0 radical (unpaired) electrons. The van der Waals surface area contributed by atoms with Gasteiger partial charge in [-0.3, -0.25) is 0 Å². The lowest BCUT2D eigenvalue weighted by Crippen LogP contribution is -1.99. The number of halogens is 1. The Labute approximate surface area is 55.9 Å². The summed E-state index contributed by atoms with van der Waals surface area (Å²) in [7, 11) is 1.92. The van der Waals surface area contributed by atoms with Gasteiger partial charge < -0.3 is 0 Å². The molecule has 0 amide bonds. The van der Waals surface area contributed by atoms with E-state index in [-0.39, 0.29) is 11.7 Å². The van der Waals surface area contributed by atoms with Gasteiger partial charge in [-0.25, -0.2) is 4.39 Å². The van der Waals surface area contributed by atoms with Crippen molar-refractivity contribution in [1.29, 1.82) is 0 Å². The van der Waals surface area contributed by atoms with Crippen LogP contribution in [0.15, 0.2) is 23.5 Å². The van der Waals surface area contributed by atoms with Gasteiger partial charge in [-0.15, -0.1) is 0 Å². The van der Waals surface area contributed by atoms with Crippen molar-refractivity contribution in [3.8, 4) is 0 Å². The summed E-state index contributed by atoms with van der Waals surface area (Å²) in [6, 6.07) is 0. The number of rotatable bonds is 0. The average molecular weight is 124 g/mol. The van der Waals surface area contributed by atoms with Crippen LogP contribution >= 0.6 is 0 Å². The molecule has 0 unspecified atom stereocenters. The lowest BCUT2D eigenvalue weighted by molar-refractivity contribution is 0.490. The van der Waals surface area contributed by atoms with Gasteiger partial charge >= 0.3 is 0 Å². The van der Waals surface area contributed by atoms with Gasteiger partial charge in [-0.2, -0.15) is 0 Å². The molecule has 0 saturated heterocycles. The number of allylic oxidation sites excluding steroid dienone is 4. The van der Waals surface area contributed by atoms with Gasteiger partial charge in [0.1, 0.15) is 13.7 Å². The van der Waals surface area contributed by atoms with Crippen molar-refractivity contribution >= 4 is 7.85 Å². The van der Waals surface area contributed by atoms with Crippen LogP contribution in [0.3, 0.4) is 0 Å². The van der Waals surface area contributed by atoms with Crippen molar-refractivity contribution in [2.24, 2.45) is 5.92 Å². The number of hydrogen-bond acceptors (Lipinski definition) is 0. The Bertz CT molecular complexity index is 170. The Kier molecular flexibility index (Phi) is 1.74. The first-order valence-corrected chi connectivity index (χ1v) is 3.24. The van der Waals surface area contributed by atoms with Gasteiger partial charge in [-0.1, -0.05) is 18.5 Å². The fraction of sp³-hybridized carbons (Fsp3) is 0.429. The minimum atomic E-state index is 0.0231. The van der Waals surface area contributed by atoms with Crippen molar-refractivity contribution in [3.63, 3.8) is 0 Å². The third-order valence-electron chi connectivity index (χ3n) is 1.63. The van der Waals surface area contributed by atoms with E-state index in [1.165, 1.54) is 0 Å². The molecule has 1 aliphatic rings. The zero-order valence-corrected chi connectivity index (χ0v) is 5.82. The third-order valence-corrected chi connectivity index (χ3v) is 1.63. The topological polar surface area (TPSA) is 0 Å². The van der Waals surface area contributed by atoms with Crippen LogP contribution in [0.25, 0.3) is 0 Å². The average Bonchev–Trinajstić information content (AvgIpc) is 1.80. The summed E-state index contributed by atoms with van der Waals surface area (Å²) in [5, 5.41) is 0. The molecule has 1 aliphatic carbocycles. The SMILES string of the molecule is BC1=CC[C@H](C)C(F)=C1. The zero-order valence-electron chi connectivity index (χ0n) is 5.82. The smallest absolute Gasteiger partial charge is 0.138 e. The van der Waals surface area contributed by atoms with Crippen LogP contribution in [0, 0.1) is 5.92 Å². The molecule has 0 heterocycles. The van der Waals surface area contributed by atoms with Gasteiger partial charge in [0.05, 0.1) is 0 Å². The molecule has 0 aliphatic heterocycles. The first-order valence-electron chi connectivity index (χ1n) is 3.24. The minimum absolute atomic E-state index is 0.0231. The lowest BCUT2D eigenvalue weighted by Gasteiger charge is -2.11. The summed E-state index contributed by atoms with van der Waals surface area (Å²) >= 11 is 0. The van der Waals surface area contributed by atoms with Crippen LogP contribution in [-0.4, -0.2) is 7.85 Å². The molecule has 1 rings (SSSR count). The molecule has 1 atom stereocenters. The second-order valence-corrected chi connectivity index (χ2v) is 2.61. The molecule has 0 fully saturated rings.